The summed E-state index contributed by atoms with van der Waals surface area (Å²) >= 11 is 0. The molecule has 1 aromatic carbocycles. The second-order valence-corrected chi connectivity index (χ2v) is 6.14. The Balaban J connectivity index is 1.65. The Kier molecular flexibility index (Phi) is 4.65. The third-order valence-corrected chi connectivity index (χ3v) is 4.45. The van der Waals surface area contributed by atoms with E-state index in [2.05, 4.69) is 9.88 Å². The summed E-state index contributed by atoms with van der Waals surface area (Å²) < 4.78 is 0. The Hall–Kier alpha value is -2.96. The quantitative estimate of drug-likeness (QED) is 0.634. The van der Waals surface area contributed by atoms with E-state index in [4.69, 9.17) is 0 Å². The van der Waals surface area contributed by atoms with E-state index in [1.165, 1.54) is 12.1 Å². The lowest BCUT2D eigenvalue weighted by molar-refractivity contribution is -0.384. The predicted octanol–water partition coefficient (Wildman–Crippen LogP) is 2.57. The van der Waals surface area contributed by atoms with Crippen molar-refractivity contribution >= 4 is 17.3 Å². The molecule has 2 heterocycles. The van der Waals surface area contributed by atoms with Gasteiger partial charge >= 0.3 is 0 Å². The minimum absolute atomic E-state index is 0.00773. The molecule has 130 valence electrons. The zero-order chi connectivity index (χ0) is 18.0. The van der Waals surface area contributed by atoms with Gasteiger partial charge in [-0.15, -0.1) is 0 Å². The number of piperazine rings is 1. The minimum atomic E-state index is -0.404. The highest BCUT2D eigenvalue weighted by Crippen LogP contribution is 2.21. The molecule has 0 N–H and O–H groups in total. The molecule has 0 radical (unpaired) electrons. The van der Waals surface area contributed by atoms with Crippen molar-refractivity contribution in [3.8, 4) is 0 Å². The number of carbonyl (C=O) groups excluding carboxylic acids is 1. The summed E-state index contributed by atoms with van der Waals surface area (Å²) in [5, 5.41) is 10.7. The van der Waals surface area contributed by atoms with Crippen molar-refractivity contribution in [1.29, 1.82) is 0 Å². The van der Waals surface area contributed by atoms with Crippen molar-refractivity contribution in [2.75, 3.05) is 31.1 Å². The number of rotatable bonds is 3. The fraction of sp³-hybridized carbons (Fsp3) is 0.333. The van der Waals surface area contributed by atoms with E-state index in [0.717, 1.165) is 17.1 Å². The molecule has 0 saturated carbocycles. The number of non-ortho nitro benzene ring substituents is 1. The van der Waals surface area contributed by atoms with Crippen LogP contribution < -0.4 is 4.90 Å². The van der Waals surface area contributed by atoms with Crippen LogP contribution in [-0.4, -0.2) is 46.9 Å². The van der Waals surface area contributed by atoms with Gasteiger partial charge in [0.1, 0.15) is 0 Å². The molecule has 7 heteroatoms. The van der Waals surface area contributed by atoms with Crippen LogP contribution in [0.3, 0.4) is 0 Å². The highest BCUT2D eigenvalue weighted by atomic mass is 16.6. The number of anilines is 1. The van der Waals surface area contributed by atoms with E-state index < -0.39 is 4.92 Å². The normalized spacial score (nSPS) is 14.5. The molecule has 1 aromatic heterocycles. The third kappa shape index (κ3) is 3.60. The van der Waals surface area contributed by atoms with E-state index in [1.54, 1.807) is 12.1 Å². The van der Waals surface area contributed by atoms with E-state index in [-0.39, 0.29) is 11.6 Å². The van der Waals surface area contributed by atoms with Crippen molar-refractivity contribution in [2.45, 2.75) is 13.8 Å². The van der Waals surface area contributed by atoms with Gasteiger partial charge in [-0.3, -0.25) is 19.9 Å². The summed E-state index contributed by atoms with van der Waals surface area (Å²) in [6.45, 7) is 6.38. The first-order chi connectivity index (χ1) is 12.0. The molecule has 0 unspecified atom stereocenters. The maximum absolute atomic E-state index is 12.7. The molecule has 0 aliphatic carbocycles. The van der Waals surface area contributed by atoms with Crippen molar-refractivity contribution in [2.24, 2.45) is 0 Å². The van der Waals surface area contributed by atoms with Crippen LogP contribution >= 0.6 is 0 Å². The molecule has 7 nitrogen and oxygen atoms in total. The lowest BCUT2D eigenvalue weighted by Gasteiger charge is -2.36. The monoisotopic (exact) mass is 340 g/mol. The number of amides is 1. The smallest absolute Gasteiger partial charge is 0.269 e. The van der Waals surface area contributed by atoms with Gasteiger partial charge in [0.25, 0.3) is 11.6 Å². The van der Waals surface area contributed by atoms with Gasteiger partial charge in [0.05, 0.1) is 16.2 Å². The van der Waals surface area contributed by atoms with Gasteiger partial charge in [-0.25, -0.2) is 0 Å². The average Bonchev–Trinajstić information content (AvgIpc) is 2.61. The van der Waals surface area contributed by atoms with Crippen LogP contribution in [0.5, 0.6) is 0 Å². The maximum Gasteiger partial charge on any atom is 0.269 e. The molecule has 3 rings (SSSR count). The summed E-state index contributed by atoms with van der Waals surface area (Å²) in [5.41, 5.74) is 3.32. The van der Waals surface area contributed by atoms with Crippen LogP contribution in [0.1, 0.15) is 21.7 Å². The predicted molar refractivity (Wildman–Crippen MR) is 94.9 cm³/mol. The lowest BCUT2D eigenvalue weighted by Crippen LogP contribution is -2.49. The Labute approximate surface area is 146 Å². The highest BCUT2D eigenvalue weighted by molar-refractivity contribution is 5.95. The van der Waals surface area contributed by atoms with Gasteiger partial charge in [0.2, 0.25) is 0 Å². The third-order valence-electron chi connectivity index (χ3n) is 4.45. The van der Waals surface area contributed by atoms with Gasteiger partial charge in [0.15, 0.2) is 0 Å². The number of hydrogen-bond acceptors (Lipinski definition) is 5. The molecule has 0 spiro atoms. The fourth-order valence-electron chi connectivity index (χ4n) is 3.04. The van der Waals surface area contributed by atoms with E-state index in [0.29, 0.717) is 31.7 Å². The topological polar surface area (TPSA) is 79.6 Å². The average molecular weight is 340 g/mol. The number of nitro groups is 1. The number of carbonyl (C=O) groups is 1. The summed E-state index contributed by atoms with van der Waals surface area (Å²) in [7, 11) is 0. The van der Waals surface area contributed by atoms with Crippen molar-refractivity contribution < 1.29 is 9.72 Å². The van der Waals surface area contributed by atoms with Gasteiger partial charge in [-0.1, -0.05) is 0 Å². The van der Waals surface area contributed by atoms with Crippen molar-refractivity contribution in [3.63, 3.8) is 0 Å². The Morgan fingerprint density at radius 1 is 1.04 bits per heavy atom. The van der Waals surface area contributed by atoms with Crippen LogP contribution in [0.2, 0.25) is 0 Å². The van der Waals surface area contributed by atoms with Crippen LogP contribution in [-0.2, 0) is 0 Å². The Bertz CT molecular complexity index is 796. The van der Waals surface area contributed by atoms with Crippen LogP contribution in [0.25, 0.3) is 0 Å². The van der Waals surface area contributed by atoms with Gasteiger partial charge < -0.3 is 9.80 Å². The van der Waals surface area contributed by atoms with Crippen molar-refractivity contribution in [1.82, 2.24) is 9.88 Å². The number of nitrogens with zero attached hydrogens (tertiary/aromatic N) is 4. The van der Waals surface area contributed by atoms with Crippen LogP contribution in [0.15, 0.2) is 36.4 Å². The molecule has 2 aromatic rings. The zero-order valence-electron chi connectivity index (χ0n) is 14.3. The molecule has 1 aliphatic heterocycles. The molecular formula is C18H20N4O3. The van der Waals surface area contributed by atoms with E-state index in [1.807, 2.05) is 30.9 Å². The van der Waals surface area contributed by atoms with Gasteiger partial charge in [-0.2, -0.15) is 0 Å². The van der Waals surface area contributed by atoms with E-state index >= 15 is 0 Å². The zero-order valence-corrected chi connectivity index (χ0v) is 14.3. The van der Waals surface area contributed by atoms with Gasteiger partial charge in [-0.05, 0) is 38.1 Å². The number of benzene rings is 1. The van der Waals surface area contributed by atoms with Crippen LogP contribution in [0, 0.1) is 24.0 Å². The Morgan fingerprint density at radius 3 is 2.24 bits per heavy atom. The molecule has 0 bridgehead atoms. The summed E-state index contributed by atoms with van der Waals surface area (Å²) in [4.78, 5) is 31.3. The second-order valence-electron chi connectivity index (χ2n) is 6.14. The maximum atomic E-state index is 12.7. The number of pyridine rings is 1. The first kappa shape index (κ1) is 16.9. The van der Waals surface area contributed by atoms with Gasteiger partial charge in [0, 0.05) is 49.7 Å². The van der Waals surface area contributed by atoms with E-state index in [9.17, 15) is 14.9 Å². The largest absolute Gasteiger partial charge is 0.368 e. The lowest BCUT2D eigenvalue weighted by atomic mass is 10.1. The summed E-state index contributed by atoms with van der Waals surface area (Å²) in [5.74, 6) is 0.00773. The molecule has 1 fully saturated rings. The SMILES string of the molecule is Cc1ccc(C(=O)N2CCN(c3ccc([N+](=O)[O-])cc3)CC2)c(C)n1. The molecule has 1 amide bonds. The highest BCUT2D eigenvalue weighted by Gasteiger charge is 2.24. The number of nitro benzene ring substituents is 1. The molecule has 1 aliphatic rings. The number of hydrogen-bond donors (Lipinski definition) is 0. The fourth-order valence-corrected chi connectivity index (χ4v) is 3.04. The minimum Gasteiger partial charge on any atom is -0.368 e. The number of aryl methyl sites for hydroxylation is 2. The molecular weight excluding hydrogens is 320 g/mol. The molecule has 25 heavy (non-hydrogen) atoms. The second kappa shape index (κ2) is 6.88. The molecule has 1 saturated heterocycles. The van der Waals surface area contributed by atoms with Crippen LogP contribution in [0.4, 0.5) is 11.4 Å². The molecule has 0 atom stereocenters. The number of aromatic nitrogens is 1. The van der Waals surface area contributed by atoms with Crippen molar-refractivity contribution in [3.05, 3.63) is 63.5 Å². The first-order valence-electron chi connectivity index (χ1n) is 8.18. The summed E-state index contributed by atoms with van der Waals surface area (Å²) in [6.07, 6.45) is 0. The Morgan fingerprint density at radius 2 is 1.68 bits per heavy atom. The summed E-state index contributed by atoms with van der Waals surface area (Å²) in [6, 6.07) is 10.2. The standard InChI is InChI=1S/C18H20N4O3/c1-13-3-8-17(14(2)19-13)18(23)21-11-9-20(10-12-21)15-4-6-16(7-5-15)22(24)25/h3-8H,9-12H2,1-2H3. The first-order valence-corrected chi connectivity index (χ1v) is 8.18.